The van der Waals surface area contributed by atoms with Gasteiger partial charge in [0.2, 0.25) is 10.0 Å². The van der Waals surface area contributed by atoms with Crippen LogP contribution in [0, 0.1) is 11.8 Å². The number of carbonyl (C=O) groups excluding carboxylic acids is 1. The van der Waals surface area contributed by atoms with Crippen LogP contribution in [0.4, 0.5) is 0 Å². The number of nitrogens with zero attached hydrogens (tertiary/aromatic N) is 2. The number of hydrogen-bond donors (Lipinski definition) is 1. The Morgan fingerprint density at radius 2 is 1.87 bits per heavy atom. The summed E-state index contributed by atoms with van der Waals surface area (Å²) in [6, 6.07) is 4.43. The number of ether oxygens (including phenoxy) is 2. The summed E-state index contributed by atoms with van der Waals surface area (Å²) in [5.74, 6) is 1.48. The predicted octanol–water partition coefficient (Wildman–Crippen LogP) is 1.81. The Morgan fingerprint density at radius 1 is 1.19 bits per heavy atom. The molecule has 9 heteroatoms. The second-order valence-electron chi connectivity index (χ2n) is 8.72. The zero-order valence-corrected chi connectivity index (χ0v) is 19.6. The third kappa shape index (κ3) is 6.41. The van der Waals surface area contributed by atoms with Gasteiger partial charge in [-0.3, -0.25) is 4.79 Å². The van der Waals surface area contributed by atoms with Crippen LogP contribution in [0.5, 0.6) is 5.75 Å². The molecule has 2 atom stereocenters. The number of methoxy groups -OCH3 is 1. The minimum Gasteiger partial charge on any atom is -0.496 e. The van der Waals surface area contributed by atoms with Crippen molar-refractivity contribution in [1.29, 1.82) is 0 Å². The third-order valence-corrected chi connectivity index (χ3v) is 7.36. The first kappa shape index (κ1) is 24.0. The molecular weight excluding hydrogens is 418 g/mol. The first-order valence-corrected chi connectivity index (χ1v) is 12.6. The van der Waals surface area contributed by atoms with Gasteiger partial charge in [-0.2, -0.15) is 0 Å². The highest BCUT2D eigenvalue weighted by Crippen LogP contribution is 2.25. The van der Waals surface area contributed by atoms with Crippen molar-refractivity contribution < 1.29 is 22.7 Å². The van der Waals surface area contributed by atoms with Crippen molar-refractivity contribution in [2.24, 2.45) is 11.8 Å². The Labute approximate surface area is 185 Å². The van der Waals surface area contributed by atoms with Crippen LogP contribution in [0.3, 0.4) is 0 Å². The minimum absolute atomic E-state index is 0.0742. The van der Waals surface area contributed by atoms with E-state index in [9.17, 15) is 13.2 Å². The smallest absolute Gasteiger partial charge is 0.257 e. The monoisotopic (exact) mass is 453 g/mol. The average Bonchev–Trinajstić information content (AvgIpc) is 2.75. The van der Waals surface area contributed by atoms with Gasteiger partial charge in [0.15, 0.2) is 0 Å². The lowest BCUT2D eigenvalue weighted by molar-refractivity contribution is 0.0300. The first-order valence-electron chi connectivity index (χ1n) is 11.1. The Kier molecular flexibility index (Phi) is 8.32. The predicted molar refractivity (Wildman–Crippen MR) is 119 cm³/mol. The Hall–Kier alpha value is -1.68. The topological polar surface area (TPSA) is 88.2 Å². The number of morpholine rings is 1. The number of carbonyl (C=O) groups is 1. The molecular formula is C22H35N3O5S. The number of nitrogens with one attached hydrogen (secondary N) is 1. The molecule has 8 nitrogen and oxygen atoms in total. The average molecular weight is 454 g/mol. The molecule has 0 unspecified atom stereocenters. The van der Waals surface area contributed by atoms with Gasteiger partial charge < -0.3 is 19.3 Å². The van der Waals surface area contributed by atoms with E-state index < -0.39 is 10.0 Å². The van der Waals surface area contributed by atoms with Crippen molar-refractivity contribution in [2.75, 3.05) is 59.6 Å². The molecule has 2 fully saturated rings. The van der Waals surface area contributed by atoms with Crippen LogP contribution in [-0.4, -0.2) is 83.7 Å². The molecule has 2 aliphatic rings. The second-order valence-corrected chi connectivity index (χ2v) is 10.5. The zero-order chi connectivity index (χ0) is 22.4. The van der Waals surface area contributed by atoms with E-state index in [1.807, 2.05) is 0 Å². The van der Waals surface area contributed by atoms with E-state index in [1.165, 1.54) is 25.7 Å². The molecule has 174 valence electrons. The van der Waals surface area contributed by atoms with Crippen LogP contribution in [-0.2, 0) is 14.8 Å². The van der Waals surface area contributed by atoms with Crippen molar-refractivity contribution in [3.63, 3.8) is 0 Å². The van der Waals surface area contributed by atoms with Crippen LogP contribution < -0.4 is 9.46 Å². The van der Waals surface area contributed by atoms with Crippen molar-refractivity contribution in [2.45, 2.75) is 31.6 Å². The van der Waals surface area contributed by atoms with Gasteiger partial charge in [-0.05, 0) is 49.4 Å². The summed E-state index contributed by atoms with van der Waals surface area (Å²) in [6.45, 7) is 9.82. The lowest BCUT2D eigenvalue weighted by atomic mass is 9.92. The summed E-state index contributed by atoms with van der Waals surface area (Å²) in [4.78, 5) is 17.1. The number of hydrogen-bond acceptors (Lipinski definition) is 6. The molecule has 0 aromatic heterocycles. The van der Waals surface area contributed by atoms with Crippen LogP contribution in [0.1, 0.15) is 37.0 Å². The van der Waals surface area contributed by atoms with Gasteiger partial charge in [0.05, 0.1) is 30.8 Å². The van der Waals surface area contributed by atoms with Crippen LogP contribution in [0.25, 0.3) is 0 Å². The SMILES string of the molecule is COc1ccc(S(=O)(=O)NCCCN2C[C@H](C)C[C@H](C)C2)cc1C(=O)N1CCOCC1. The second kappa shape index (κ2) is 10.8. The molecule has 3 rings (SSSR count). The molecule has 2 heterocycles. The fourth-order valence-corrected chi connectivity index (χ4v) is 5.63. The van der Waals surface area contributed by atoms with Crippen LogP contribution in [0.2, 0.25) is 0 Å². The van der Waals surface area contributed by atoms with Gasteiger partial charge in [0, 0.05) is 32.7 Å². The molecule has 2 saturated heterocycles. The van der Waals surface area contributed by atoms with E-state index in [-0.39, 0.29) is 16.4 Å². The fraction of sp³-hybridized carbons (Fsp3) is 0.682. The Morgan fingerprint density at radius 3 is 2.52 bits per heavy atom. The summed E-state index contributed by atoms with van der Waals surface area (Å²) >= 11 is 0. The van der Waals surface area contributed by atoms with Gasteiger partial charge >= 0.3 is 0 Å². The van der Waals surface area contributed by atoms with Gasteiger partial charge in [-0.15, -0.1) is 0 Å². The molecule has 1 aromatic rings. The highest BCUT2D eigenvalue weighted by Gasteiger charge is 2.25. The largest absolute Gasteiger partial charge is 0.496 e. The van der Waals surface area contributed by atoms with E-state index >= 15 is 0 Å². The number of likely N-dealkylation sites (tertiary alicyclic amines) is 1. The fourth-order valence-electron chi connectivity index (χ4n) is 4.53. The number of rotatable bonds is 8. The van der Waals surface area contributed by atoms with Gasteiger partial charge in [0.1, 0.15) is 5.75 Å². The van der Waals surface area contributed by atoms with Gasteiger partial charge in [-0.1, -0.05) is 13.8 Å². The lowest BCUT2D eigenvalue weighted by Gasteiger charge is -2.34. The summed E-state index contributed by atoms with van der Waals surface area (Å²) in [5.41, 5.74) is 0.253. The maximum Gasteiger partial charge on any atom is 0.257 e. The van der Waals surface area contributed by atoms with E-state index in [1.54, 1.807) is 11.0 Å². The number of sulfonamides is 1. The van der Waals surface area contributed by atoms with Crippen LogP contribution in [0.15, 0.2) is 23.1 Å². The summed E-state index contributed by atoms with van der Waals surface area (Å²) in [6.07, 6.45) is 2.00. The van der Waals surface area contributed by atoms with E-state index in [0.717, 1.165) is 26.1 Å². The zero-order valence-electron chi connectivity index (χ0n) is 18.8. The molecule has 0 saturated carbocycles. The summed E-state index contributed by atoms with van der Waals surface area (Å²) < 4.78 is 38.9. The molecule has 1 N–H and O–H groups in total. The maximum absolute atomic E-state index is 12.9. The highest BCUT2D eigenvalue weighted by atomic mass is 32.2. The molecule has 2 aliphatic heterocycles. The third-order valence-electron chi connectivity index (χ3n) is 5.90. The Bertz CT molecular complexity index is 845. The molecule has 1 aromatic carbocycles. The molecule has 1 amide bonds. The minimum atomic E-state index is -3.72. The molecule has 0 radical (unpaired) electrons. The van der Waals surface area contributed by atoms with Gasteiger partial charge in [-0.25, -0.2) is 13.1 Å². The number of benzene rings is 1. The van der Waals surface area contributed by atoms with E-state index in [4.69, 9.17) is 9.47 Å². The van der Waals surface area contributed by atoms with E-state index in [2.05, 4.69) is 23.5 Å². The normalized spacial score (nSPS) is 23.0. The van der Waals surface area contributed by atoms with E-state index in [0.29, 0.717) is 50.4 Å². The van der Waals surface area contributed by atoms with Crippen molar-refractivity contribution in [1.82, 2.24) is 14.5 Å². The summed E-state index contributed by atoms with van der Waals surface area (Å²) in [5, 5.41) is 0. The maximum atomic E-state index is 12.9. The van der Waals surface area contributed by atoms with Crippen molar-refractivity contribution >= 4 is 15.9 Å². The quantitative estimate of drug-likeness (QED) is 0.604. The number of amides is 1. The molecule has 0 spiro atoms. The van der Waals surface area contributed by atoms with Crippen molar-refractivity contribution in [3.8, 4) is 5.75 Å². The van der Waals surface area contributed by atoms with Crippen LogP contribution >= 0.6 is 0 Å². The Balaban J connectivity index is 1.61. The number of piperidine rings is 1. The van der Waals surface area contributed by atoms with Crippen molar-refractivity contribution in [3.05, 3.63) is 23.8 Å². The molecule has 0 aliphatic carbocycles. The summed E-state index contributed by atoms with van der Waals surface area (Å²) in [7, 11) is -2.24. The van der Waals surface area contributed by atoms with Gasteiger partial charge in [0.25, 0.3) is 5.91 Å². The highest BCUT2D eigenvalue weighted by molar-refractivity contribution is 7.89. The molecule has 0 bridgehead atoms. The first-order chi connectivity index (χ1) is 14.8. The lowest BCUT2D eigenvalue weighted by Crippen LogP contribution is -2.41. The standard InChI is InChI=1S/C22H35N3O5S/c1-17-13-18(2)16-24(15-17)8-4-7-23-31(27,28)19-5-6-21(29-3)20(14-19)22(26)25-9-11-30-12-10-25/h5-6,14,17-18,23H,4,7-13,15-16H2,1-3H3/t17-,18+. The molecule has 31 heavy (non-hydrogen) atoms.